The van der Waals surface area contributed by atoms with Crippen LogP contribution in [0.3, 0.4) is 0 Å². The molecule has 0 aromatic rings. The first-order valence-electron chi connectivity index (χ1n) is 11.4. The summed E-state index contributed by atoms with van der Waals surface area (Å²) in [6.45, 7) is 14.3. The van der Waals surface area contributed by atoms with E-state index in [1.165, 1.54) is 32.8 Å². The van der Waals surface area contributed by atoms with E-state index in [2.05, 4.69) is 39.3 Å². The molecule has 1 rings (SSSR count). The van der Waals surface area contributed by atoms with E-state index in [0.29, 0.717) is 12.3 Å². The van der Waals surface area contributed by atoms with Crippen molar-refractivity contribution in [3.63, 3.8) is 0 Å². The van der Waals surface area contributed by atoms with Crippen molar-refractivity contribution < 1.29 is 23.1 Å². The van der Waals surface area contributed by atoms with Crippen LogP contribution in [0.4, 0.5) is 0 Å². The van der Waals surface area contributed by atoms with Gasteiger partial charge in [-0.2, -0.15) is 0 Å². The van der Waals surface area contributed by atoms with Crippen LogP contribution >= 0.6 is 0 Å². The van der Waals surface area contributed by atoms with Gasteiger partial charge in [-0.1, -0.05) is 25.7 Å². The highest BCUT2D eigenvalue weighted by molar-refractivity contribution is 6.70. The first-order valence-corrected chi connectivity index (χ1v) is 18.2. The summed E-state index contributed by atoms with van der Waals surface area (Å²) in [5.41, 5.74) is 0. The molecule has 0 saturated heterocycles. The average Bonchev–Trinajstić information content (AvgIpc) is 2.86. The lowest BCUT2D eigenvalue weighted by Crippen LogP contribution is -2.36. The van der Waals surface area contributed by atoms with E-state index >= 15 is 0 Å². The Morgan fingerprint density at radius 2 is 1.31 bits per heavy atom. The molecule has 0 aromatic carbocycles. The predicted octanol–water partition coefficient (Wildman–Crippen LogP) is 5.61. The number of esters is 1. The molecule has 172 valence electrons. The first-order chi connectivity index (χ1) is 13.5. The third kappa shape index (κ3) is 11.1. The van der Waals surface area contributed by atoms with Crippen molar-refractivity contribution in [2.75, 3.05) is 20.8 Å². The minimum atomic E-state index is -1.71. The molecule has 0 N–H and O–H groups in total. The lowest BCUT2D eigenvalue weighted by molar-refractivity contribution is -0.143. The number of unbranched alkanes of at least 4 members (excludes halogenated alkanes) is 4. The van der Waals surface area contributed by atoms with Gasteiger partial charge in [-0.3, -0.25) is 4.79 Å². The van der Waals surface area contributed by atoms with Gasteiger partial charge >= 0.3 is 5.97 Å². The summed E-state index contributed by atoms with van der Waals surface area (Å²) in [7, 11) is -0.136. The van der Waals surface area contributed by atoms with Gasteiger partial charge in [0.05, 0.1) is 25.7 Å². The van der Waals surface area contributed by atoms with Gasteiger partial charge in [-0.25, -0.2) is 0 Å². The molecule has 0 bridgehead atoms. The van der Waals surface area contributed by atoms with Crippen molar-refractivity contribution in [3.05, 3.63) is 0 Å². The Labute approximate surface area is 181 Å². The van der Waals surface area contributed by atoms with Crippen molar-refractivity contribution >= 4 is 22.6 Å². The number of methoxy groups -OCH3 is 2. The molecule has 4 atom stereocenters. The van der Waals surface area contributed by atoms with Crippen molar-refractivity contribution in [2.24, 2.45) is 11.8 Å². The summed E-state index contributed by atoms with van der Waals surface area (Å²) >= 11 is 0. The van der Waals surface area contributed by atoms with E-state index in [4.69, 9.17) is 18.3 Å². The van der Waals surface area contributed by atoms with Crippen molar-refractivity contribution in [2.45, 2.75) is 103 Å². The molecular weight excluding hydrogens is 400 g/mol. The number of carbonyl (C=O) groups is 1. The third-order valence-corrected chi connectivity index (χ3v) is 7.52. The molecule has 0 heterocycles. The minimum Gasteiger partial charge on any atom is -0.469 e. The molecule has 1 aliphatic rings. The van der Waals surface area contributed by atoms with E-state index in [9.17, 15) is 4.79 Å². The van der Waals surface area contributed by atoms with Gasteiger partial charge in [0.1, 0.15) is 0 Å². The van der Waals surface area contributed by atoms with Gasteiger partial charge in [0.25, 0.3) is 0 Å². The Morgan fingerprint density at radius 1 is 0.793 bits per heavy atom. The summed E-state index contributed by atoms with van der Waals surface area (Å²) in [4.78, 5) is 12.2. The molecular formula is C22H46O5Si2. The highest BCUT2D eigenvalue weighted by Gasteiger charge is 2.47. The van der Waals surface area contributed by atoms with Crippen molar-refractivity contribution in [1.82, 2.24) is 0 Å². The van der Waals surface area contributed by atoms with Crippen LogP contribution in [0, 0.1) is 11.8 Å². The van der Waals surface area contributed by atoms with E-state index in [0.717, 1.165) is 25.9 Å². The molecule has 0 aromatic heterocycles. The summed E-state index contributed by atoms with van der Waals surface area (Å²) in [6, 6.07) is 0. The molecule has 0 unspecified atom stereocenters. The Hall–Kier alpha value is -0.216. The predicted molar refractivity (Wildman–Crippen MR) is 124 cm³/mol. The number of hydrogen-bond acceptors (Lipinski definition) is 5. The largest absolute Gasteiger partial charge is 0.469 e. The van der Waals surface area contributed by atoms with E-state index in [1.54, 1.807) is 7.11 Å². The number of rotatable bonds is 14. The first kappa shape index (κ1) is 26.8. The highest BCUT2D eigenvalue weighted by Crippen LogP contribution is 2.43. The summed E-state index contributed by atoms with van der Waals surface area (Å²) in [5, 5.41) is 0. The second kappa shape index (κ2) is 12.6. The molecule has 1 saturated carbocycles. The molecule has 0 spiro atoms. The van der Waals surface area contributed by atoms with Crippen molar-refractivity contribution in [3.8, 4) is 0 Å². The van der Waals surface area contributed by atoms with Crippen molar-refractivity contribution in [1.29, 1.82) is 0 Å². The van der Waals surface area contributed by atoms with Gasteiger partial charge in [0.2, 0.25) is 0 Å². The fraction of sp³-hybridized carbons (Fsp3) is 0.955. The Bertz CT molecular complexity index is 473. The average molecular weight is 447 g/mol. The van der Waals surface area contributed by atoms with Crippen LogP contribution < -0.4 is 0 Å². The monoisotopic (exact) mass is 446 g/mol. The fourth-order valence-electron chi connectivity index (χ4n) is 4.42. The smallest absolute Gasteiger partial charge is 0.305 e. The van der Waals surface area contributed by atoms with E-state index in [-0.39, 0.29) is 24.1 Å². The maximum atomic E-state index is 12.2. The summed E-state index contributed by atoms with van der Waals surface area (Å²) < 4.78 is 23.3. The number of ether oxygens (including phenoxy) is 2. The number of hydrogen-bond donors (Lipinski definition) is 0. The quantitative estimate of drug-likeness (QED) is 0.197. The van der Waals surface area contributed by atoms with Crippen LogP contribution in [0.2, 0.25) is 39.3 Å². The normalized spacial score (nSPS) is 25.4. The summed E-state index contributed by atoms with van der Waals surface area (Å²) in [5.74, 6) is 0.447. The van der Waals surface area contributed by atoms with Gasteiger partial charge < -0.3 is 18.3 Å². The molecule has 1 aliphatic carbocycles. The third-order valence-electron chi connectivity index (χ3n) is 5.50. The maximum Gasteiger partial charge on any atom is 0.305 e. The van der Waals surface area contributed by atoms with Gasteiger partial charge in [0, 0.05) is 13.7 Å². The van der Waals surface area contributed by atoms with E-state index < -0.39 is 16.6 Å². The minimum absolute atomic E-state index is 0.105. The lowest BCUT2D eigenvalue weighted by atomic mass is 9.86. The zero-order valence-corrected chi connectivity index (χ0v) is 22.2. The fourth-order valence-corrected chi connectivity index (χ4v) is 6.78. The zero-order valence-electron chi connectivity index (χ0n) is 20.2. The Morgan fingerprint density at radius 3 is 1.83 bits per heavy atom. The second-order valence-corrected chi connectivity index (χ2v) is 19.4. The topological polar surface area (TPSA) is 54.0 Å². The van der Waals surface area contributed by atoms with Crippen LogP contribution in [0.25, 0.3) is 0 Å². The molecule has 0 amide bonds. The second-order valence-electron chi connectivity index (χ2n) is 10.4. The Balaban J connectivity index is 2.82. The number of carbonyl (C=O) groups excluding carboxylic acids is 1. The van der Waals surface area contributed by atoms with Gasteiger partial charge in [0.15, 0.2) is 16.6 Å². The molecule has 0 aliphatic heterocycles. The molecule has 5 nitrogen and oxygen atoms in total. The Kier molecular flexibility index (Phi) is 11.6. The summed E-state index contributed by atoms with van der Waals surface area (Å²) in [6.07, 6.45) is 8.77. The molecule has 7 heteroatoms. The van der Waals surface area contributed by atoms with Crippen LogP contribution in [0.1, 0.15) is 51.4 Å². The van der Waals surface area contributed by atoms with Crippen LogP contribution in [0.5, 0.6) is 0 Å². The molecule has 0 radical (unpaired) electrons. The maximum absolute atomic E-state index is 12.2. The van der Waals surface area contributed by atoms with Gasteiger partial charge in [-0.05, 0) is 70.4 Å². The highest BCUT2D eigenvalue weighted by atomic mass is 28.4. The zero-order chi connectivity index (χ0) is 22.1. The molecule has 29 heavy (non-hydrogen) atoms. The SMILES string of the molecule is COCCCCCCC[C@@H]1[C@H](CC(=O)OC)[C@@H](O[Si](C)(C)C)C[C@H]1O[Si](C)(C)C. The van der Waals surface area contributed by atoms with E-state index in [1.807, 2.05) is 0 Å². The standard InChI is InChI=1S/C22H46O5Si2/c1-24-15-13-11-9-10-12-14-18-19(16-22(23)25-2)21(27-29(6,7)8)17-20(18)26-28(3,4)5/h18-21H,9-17H2,1-8H3/t18-,19+,20-,21+/m1/s1. The van der Waals surface area contributed by atoms with Crippen LogP contribution in [-0.2, 0) is 23.1 Å². The van der Waals surface area contributed by atoms with Crippen LogP contribution in [0.15, 0.2) is 0 Å². The lowest BCUT2D eigenvalue weighted by Gasteiger charge is -2.31. The van der Waals surface area contributed by atoms with Crippen LogP contribution in [-0.4, -0.2) is 55.6 Å². The molecule has 1 fully saturated rings. The van der Waals surface area contributed by atoms with Gasteiger partial charge in [-0.15, -0.1) is 0 Å².